The van der Waals surface area contributed by atoms with Crippen LogP contribution in [-0.4, -0.2) is 17.4 Å². The quantitative estimate of drug-likeness (QED) is 0.690. The Balaban J connectivity index is 1.70. The zero-order valence-electron chi connectivity index (χ0n) is 14.8. The topological polar surface area (TPSA) is 45.2 Å². The van der Waals surface area contributed by atoms with Gasteiger partial charge in [0.15, 0.2) is 0 Å². The van der Waals surface area contributed by atoms with E-state index in [-0.39, 0.29) is 11.4 Å². The van der Waals surface area contributed by atoms with E-state index in [0.717, 1.165) is 30.9 Å². The lowest BCUT2D eigenvalue weighted by Crippen LogP contribution is -2.22. The third-order valence-corrected chi connectivity index (χ3v) is 4.12. The van der Waals surface area contributed by atoms with Crippen LogP contribution in [0.5, 0.6) is 0 Å². The second-order valence-electron chi connectivity index (χ2n) is 5.98. The maximum absolute atomic E-state index is 13.7. The van der Waals surface area contributed by atoms with Crippen LogP contribution < -0.4 is 10.2 Å². The molecule has 3 aromatic rings. The van der Waals surface area contributed by atoms with E-state index in [2.05, 4.69) is 27.3 Å². The van der Waals surface area contributed by atoms with Crippen molar-refractivity contribution < 1.29 is 13.6 Å². The molecule has 27 heavy (non-hydrogen) atoms. The van der Waals surface area contributed by atoms with E-state index in [1.54, 1.807) is 18.3 Å². The fraction of sp³-hybridized carbons (Fsp3) is 0.143. The van der Waals surface area contributed by atoms with Gasteiger partial charge in [-0.2, -0.15) is 0 Å². The Morgan fingerprint density at radius 1 is 1.07 bits per heavy atom. The first kappa shape index (κ1) is 18.5. The summed E-state index contributed by atoms with van der Waals surface area (Å²) in [7, 11) is 0. The molecule has 4 nitrogen and oxygen atoms in total. The molecule has 1 aromatic heterocycles. The van der Waals surface area contributed by atoms with Crippen LogP contribution in [-0.2, 0) is 6.54 Å². The largest absolute Gasteiger partial charge is 0.366 e. The molecule has 1 heterocycles. The number of carbonyl (C=O) groups excluding carboxylic acids is 1. The lowest BCUT2D eigenvalue weighted by atomic mass is 10.2. The number of nitrogens with one attached hydrogen (secondary N) is 1. The summed E-state index contributed by atoms with van der Waals surface area (Å²) in [6, 6.07) is 16.4. The molecule has 0 atom stereocenters. The molecule has 0 unspecified atom stereocenters. The number of halogens is 2. The van der Waals surface area contributed by atoms with Crippen LogP contribution in [0.1, 0.15) is 23.0 Å². The van der Waals surface area contributed by atoms with Crippen LogP contribution in [0.15, 0.2) is 66.9 Å². The maximum atomic E-state index is 13.7. The molecular weight excluding hydrogens is 348 g/mol. The molecule has 2 aromatic carbocycles. The van der Waals surface area contributed by atoms with E-state index in [1.807, 2.05) is 25.1 Å². The highest BCUT2D eigenvalue weighted by Gasteiger charge is 2.12. The van der Waals surface area contributed by atoms with Crippen LogP contribution in [0.4, 0.5) is 20.2 Å². The van der Waals surface area contributed by atoms with E-state index in [0.29, 0.717) is 0 Å². The molecule has 0 saturated heterocycles. The van der Waals surface area contributed by atoms with E-state index in [1.165, 1.54) is 11.6 Å². The van der Waals surface area contributed by atoms with Crippen molar-refractivity contribution in [1.29, 1.82) is 0 Å². The molecule has 1 N–H and O–H groups in total. The van der Waals surface area contributed by atoms with Gasteiger partial charge in [-0.3, -0.25) is 4.79 Å². The van der Waals surface area contributed by atoms with Crippen LogP contribution >= 0.6 is 0 Å². The Morgan fingerprint density at radius 2 is 1.85 bits per heavy atom. The van der Waals surface area contributed by atoms with Gasteiger partial charge in [-0.1, -0.05) is 30.3 Å². The fourth-order valence-electron chi connectivity index (χ4n) is 2.67. The third-order valence-electron chi connectivity index (χ3n) is 4.12. The molecule has 0 aliphatic rings. The van der Waals surface area contributed by atoms with E-state index < -0.39 is 17.5 Å². The minimum atomic E-state index is -0.833. The van der Waals surface area contributed by atoms with Crippen molar-refractivity contribution in [2.45, 2.75) is 13.5 Å². The van der Waals surface area contributed by atoms with Crippen molar-refractivity contribution in [3.8, 4) is 0 Å². The van der Waals surface area contributed by atoms with Crippen LogP contribution in [0.2, 0.25) is 0 Å². The van der Waals surface area contributed by atoms with E-state index >= 15 is 0 Å². The second-order valence-corrected chi connectivity index (χ2v) is 5.98. The summed E-state index contributed by atoms with van der Waals surface area (Å²) >= 11 is 0. The number of aromatic nitrogens is 1. The lowest BCUT2D eigenvalue weighted by molar-refractivity contribution is 0.102. The number of benzene rings is 2. The highest BCUT2D eigenvalue weighted by atomic mass is 19.1. The Morgan fingerprint density at radius 3 is 2.48 bits per heavy atom. The van der Waals surface area contributed by atoms with Gasteiger partial charge in [0.2, 0.25) is 0 Å². The molecule has 0 spiro atoms. The minimum absolute atomic E-state index is 0.0912. The summed E-state index contributed by atoms with van der Waals surface area (Å²) in [5.41, 5.74) is 2.11. The molecular formula is C21H19F2N3O. The SMILES string of the molecule is CCN(Cc1ccccc1)c1ccc(C(=O)Nc2ccc(F)cc2F)nc1. The Labute approximate surface area is 156 Å². The minimum Gasteiger partial charge on any atom is -0.366 e. The van der Waals surface area contributed by atoms with Crippen LogP contribution in [0, 0.1) is 11.6 Å². The molecule has 0 aliphatic carbocycles. The van der Waals surface area contributed by atoms with Gasteiger partial charge in [-0.15, -0.1) is 0 Å². The number of hydrogen-bond acceptors (Lipinski definition) is 3. The van der Waals surface area contributed by atoms with E-state index in [4.69, 9.17) is 0 Å². The van der Waals surface area contributed by atoms with Crippen LogP contribution in [0.3, 0.4) is 0 Å². The van der Waals surface area contributed by atoms with Crippen LogP contribution in [0.25, 0.3) is 0 Å². The molecule has 0 saturated carbocycles. The van der Waals surface area contributed by atoms with Crippen molar-refractivity contribution in [3.63, 3.8) is 0 Å². The van der Waals surface area contributed by atoms with Crippen molar-refractivity contribution in [1.82, 2.24) is 4.98 Å². The molecule has 6 heteroatoms. The molecule has 0 fully saturated rings. The monoisotopic (exact) mass is 367 g/mol. The number of pyridine rings is 1. The van der Waals surface area contributed by atoms with Gasteiger partial charge in [-0.05, 0) is 36.8 Å². The smallest absolute Gasteiger partial charge is 0.274 e. The average molecular weight is 367 g/mol. The number of amides is 1. The van der Waals surface area contributed by atoms with Gasteiger partial charge in [0.05, 0.1) is 17.6 Å². The summed E-state index contributed by atoms with van der Waals surface area (Å²) in [6.07, 6.45) is 1.61. The summed E-state index contributed by atoms with van der Waals surface area (Å²) in [4.78, 5) is 18.6. The van der Waals surface area contributed by atoms with Gasteiger partial charge < -0.3 is 10.2 Å². The first-order valence-corrected chi connectivity index (χ1v) is 8.58. The average Bonchev–Trinajstić information content (AvgIpc) is 2.69. The van der Waals surface area contributed by atoms with Gasteiger partial charge in [0.25, 0.3) is 5.91 Å². The number of anilines is 2. The first-order valence-electron chi connectivity index (χ1n) is 8.58. The predicted octanol–water partition coefficient (Wildman–Crippen LogP) is 4.64. The predicted molar refractivity (Wildman–Crippen MR) is 102 cm³/mol. The van der Waals surface area contributed by atoms with Crippen molar-refractivity contribution in [3.05, 3.63) is 89.8 Å². The molecule has 0 radical (unpaired) electrons. The number of carbonyl (C=O) groups is 1. The molecule has 3 rings (SSSR count). The van der Waals surface area contributed by atoms with Crippen molar-refractivity contribution in [2.75, 3.05) is 16.8 Å². The highest BCUT2D eigenvalue weighted by molar-refractivity contribution is 6.03. The number of nitrogens with zero attached hydrogens (tertiary/aromatic N) is 2. The molecule has 1 amide bonds. The first-order chi connectivity index (χ1) is 13.1. The third kappa shape index (κ3) is 4.67. The van der Waals surface area contributed by atoms with Gasteiger partial charge >= 0.3 is 0 Å². The van der Waals surface area contributed by atoms with Crippen molar-refractivity contribution in [2.24, 2.45) is 0 Å². The number of hydrogen-bond donors (Lipinski definition) is 1. The second kappa shape index (κ2) is 8.40. The zero-order chi connectivity index (χ0) is 19.2. The fourth-order valence-corrected chi connectivity index (χ4v) is 2.67. The van der Waals surface area contributed by atoms with E-state index in [9.17, 15) is 13.6 Å². The highest BCUT2D eigenvalue weighted by Crippen LogP contribution is 2.18. The Hall–Kier alpha value is -3.28. The Kier molecular flexibility index (Phi) is 5.76. The zero-order valence-corrected chi connectivity index (χ0v) is 14.8. The lowest BCUT2D eigenvalue weighted by Gasteiger charge is -2.23. The molecule has 138 valence electrons. The number of rotatable bonds is 6. The van der Waals surface area contributed by atoms with Gasteiger partial charge in [0, 0.05) is 19.2 Å². The molecule has 0 bridgehead atoms. The summed E-state index contributed by atoms with van der Waals surface area (Å²) in [5, 5.41) is 2.40. The normalized spacial score (nSPS) is 10.5. The molecule has 0 aliphatic heterocycles. The summed E-state index contributed by atoms with van der Waals surface area (Å²) in [5.74, 6) is -2.09. The Bertz CT molecular complexity index is 914. The standard InChI is InChI=1S/C21H19F2N3O/c1-2-26(14-15-6-4-3-5-7-15)17-9-11-20(24-13-17)21(27)25-19-10-8-16(22)12-18(19)23/h3-13H,2,14H2,1H3,(H,25,27). The maximum Gasteiger partial charge on any atom is 0.274 e. The summed E-state index contributed by atoms with van der Waals surface area (Å²) in [6.45, 7) is 3.55. The summed E-state index contributed by atoms with van der Waals surface area (Å²) < 4.78 is 26.6. The van der Waals surface area contributed by atoms with Gasteiger partial charge in [0.1, 0.15) is 17.3 Å². The van der Waals surface area contributed by atoms with Crippen molar-refractivity contribution >= 4 is 17.3 Å². The van der Waals surface area contributed by atoms with Gasteiger partial charge in [-0.25, -0.2) is 13.8 Å².